The van der Waals surface area contributed by atoms with Crippen LogP contribution in [0.25, 0.3) is 16.7 Å². The number of nitrogens with one attached hydrogen (secondary N) is 1. The van der Waals surface area contributed by atoms with Crippen molar-refractivity contribution in [2.45, 2.75) is 6.92 Å². The Morgan fingerprint density at radius 1 is 1.11 bits per heavy atom. The lowest BCUT2D eigenvalue weighted by molar-refractivity contribution is 0.318. The molecule has 2 aromatic heterocycles. The summed E-state index contributed by atoms with van der Waals surface area (Å²) in [6.45, 7) is 2.34. The van der Waals surface area contributed by atoms with Gasteiger partial charge in [0.1, 0.15) is 5.75 Å². The Hall–Kier alpha value is -3.81. The molecule has 142 valence electrons. The molecule has 0 saturated heterocycles. The number of hydrogen-bond acceptors (Lipinski definition) is 7. The molecule has 0 radical (unpaired) electrons. The second-order valence-corrected chi connectivity index (χ2v) is 5.97. The maximum absolute atomic E-state index is 10.0. The molecule has 0 spiro atoms. The van der Waals surface area contributed by atoms with Gasteiger partial charge in [-0.1, -0.05) is 0 Å². The molecule has 8 heteroatoms. The van der Waals surface area contributed by atoms with Gasteiger partial charge in [-0.05, 0) is 43.3 Å². The van der Waals surface area contributed by atoms with Crippen molar-refractivity contribution in [1.82, 2.24) is 19.7 Å². The zero-order valence-electron chi connectivity index (χ0n) is 15.5. The van der Waals surface area contributed by atoms with Crippen LogP contribution in [-0.4, -0.2) is 38.6 Å². The fourth-order valence-corrected chi connectivity index (χ4v) is 2.79. The summed E-state index contributed by atoms with van der Waals surface area (Å²) in [5.74, 6) is 1.65. The lowest BCUT2D eigenvalue weighted by Crippen LogP contribution is -2.01. The highest BCUT2D eigenvalue weighted by Gasteiger charge is 2.10. The average molecular weight is 377 g/mol. The number of hydrogen-bond donors (Lipinski definition) is 2. The third-order valence-corrected chi connectivity index (χ3v) is 4.14. The highest BCUT2D eigenvalue weighted by molar-refractivity contribution is 5.77. The van der Waals surface area contributed by atoms with Gasteiger partial charge in [-0.3, -0.25) is 0 Å². The van der Waals surface area contributed by atoms with Crippen molar-refractivity contribution in [2.24, 2.45) is 0 Å². The molecule has 4 rings (SSSR count). The minimum Gasteiger partial charge on any atom is -0.504 e. The van der Waals surface area contributed by atoms with E-state index in [0.29, 0.717) is 29.6 Å². The van der Waals surface area contributed by atoms with Crippen LogP contribution in [0.1, 0.15) is 6.92 Å². The number of phenolic OH excluding ortho intramolecular Hbond substituents is 1. The molecule has 0 atom stereocenters. The van der Waals surface area contributed by atoms with Gasteiger partial charge in [0.25, 0.3) is 0 Å². The number of benzene rings is 2. The van der Waals surface area contributed by atoms with E-state index < -0.39 is 0 Å². The molecule has 0 aliphatic rings. The number of methoxy groups -OCH3 is 1. The molecule has 0 aliphatic heterocycles. The molecule has 0 fully saturated rings. The first-order chi connectivity index (χ1) is 13.7. The molecule has 2 N–H and O–H groups in total. The van der Waals surface area contributed by atoms with Crippen molar-refractivity contribution in [2.75, 3.05) is 19.0 Å². The fourth-order valence-electron chi connectivity index (χ4n) is 2.79. The van der Waals surface area contributed by atoms with E-state index in [2.05, 4.69) is 20.4 Å². The van der Waals surface area contributed by atoms with Crippen molar-refractivity contribution in [3.8, 4) is 22.9 Å². The summed E-state index contributed by atoms with van der Waals surface area (Å²) in [5.41, 5.74) is 2.17. The number of nitrogens with zero attached hydrogens (tertiary/aromatic N) is 4. The number of anilines is 2. The van der Waals surface area contributed by atoms with E-state index in [-0.39, 0.29) is 5.75 Å². The summed E-state index contributed by atoms with van der Waals surface area (Å²) < 4.78 is 12.3. The highest BCUT2D eigenvalue weighted by Crippen LogP contribution is 2.30. The van der Waals surface area contributed by atoms with Gasteiger partial charge in [0.05, 0.1) is 31.0 Å². The van der Waals surface area contributed by atoms with E-state index in [9.17, 15) is 5.11 Å². The van der Waals surface area contributed by atoms with Crippen LogP contribution in [0.5, 0.6) is 17.2 Å². The van der Waals surface area contributed by atoms with Crippen molar-refractivity contribution < 1.29 is 14.6 Å². The second kappa shape index (κ2) is 7.43. The van der Waals surface area contributed by atoms with E-state index in [4.69, 9.17) is 9.47 Å². The Bertz CT molecular complexity index is 1110. The number of ether oxygens (including phenoxy) is 2. The predicted octanol–water partition coefficient (Wildman–Crippen LogP) is 3.67. The van der Waals surface area contributed by atoms with Gasteiger partial charge in [0, 0.05) is 18.0 Å². The van der Waals surface area contributed by atoms with Crippen LogP contribution in [0, 0.1) is 0 Å². The SMILES string of the molecule is CCOc1ccc(Nc2ncc3cnn(-c4ccc(OC)cc4)c3n2)cc1O. The smallest absolute Gasteiger partial charge is 0.229 e. The van der Waals surface area contributed by atoms with Gasteiger partial charge >= 0.3 is 0 Å². The summed E-state index contributed by atoms with van der Waals surface area (Å²) in [5, 5.41) is 18.4. The van der Waals surface area contributed by atoms with E-state index in [1.54, 1.807) is 42.4 Å². The Balaban J connectivity index is 1.64. The van der Waals surface area contributed by atoms with Crippen LogP contribution in [0.3, 0.4) is 0 Å². The van der Waals surface area contributed by atoms with Crippen molar-refractivity contribution in [1.29, 1.82) is 0 Å². The van der Waals surface area contributed by atoms with E-state index >= 15 is 0 Å². The molecule has 0 saturated carbocycles. The average Bonchev–Trinajstić information content (AvgIpc) is 3.13. The Labute approximate surface area is 161 Å². The van der Waals surface area contributed by atoms with Gasteiger partial charge in [-0.2, -0.15) is 10.1 Å². The predicted molar refractivity (Wildman–Crippen MR) is 106 cm³/mol. The van der Waals surface area contributed by atoms with Gasteiger partial charge in [0.2, 0.25) is 5.95 Å². The van der Waals surface area contributed by atoms with Gasteiger partial charge in [0.15, 0.2) is 17.1 Å². The summed E-state index contributed by atoms with van der Waals surface area (Å²) in [4.78, 5) is 8.89. The standard InChI is InChI=1S/C20H19N5O3/c1-3-28-18-9-4-14(10-17(18)26)23-20-21-11-13-12-22-25(19(13)24-20)15-5-7-16(27-2)8-6-15/h4-12,26H,3H2,1-2H3,(H,21,23,24). The maximum Gasteiger partial charge on any atom is 0.229 e. The van der Waals surface area contributed by atoms with Crippen LogP contribution in [-0.2, 0) is 0 Å². The topological polar surface area (TPSA) is 94.3 Å². The number of phenols is 1. The molecule has 4 aromatic rings. The lowest BCUT2D eigenvalue weighted by Gasteiger charge is -2.09. The molecular formula is C20H19N5O3. The van der Waals surface area contributed by atoms with E-state index in [0.717, 1.165) is 16.8 Å². The first-order valence-electron chi connectivity index (χ1n) is 8.76. The van der Waals surface area contributed by atoms with E-state index in [1.807, 2.05) is 31.2 Å². The Kier molecular flexibility index (Phi) is 4.67. The third-order valence-electron chi connectivity index (χ3n) is 4.14. The molecule has 0 unspecified atom stereocenters. The number of aromatic hydroxyl groups is 1. The molecule has 0 aliphatic carbocycles. The number of aromatic nitrogens is 4. The number of fused-ring (bicyclic) bond motifs is 1. The van der Waals surface area contributed by atoms with Crippen molar-refractivity contribution >= 4 is 22.7 Å². The third kappa shape index (κ3) is 3.39. The summed E-state index contributed by atoms with van der Waals surface area (Å²) in [6, 6.07) is 12.6. The maximum atomic E-state index is 10.0. The zero-order valence-corrected chi connectivity index (χ0v) is 15.5. The highest BCUT2D eigenvalue weighted by atomic mass is 16.5. The second-order valence-electron chi connectivity index (χ2n) is 5.97. The van der Waals surface area contributed by atoms with Gasteiger partial charge in [-0.15, -0.1) is 0 Å². The molecule has 28 heavy (non-hydrogen) atoms. The zero-order chi connectivity index (χ0) is 19.5. The molecule has 2 aromatic carbocycles. The Morgan fingerprint density at radius 3 is 2.64 bits per heavy atom. The quantitative estimate of drug-likeness (QED) is 0.529. The summed E-state index contributed by atoms with van der Waals surface area (Å²) in [7, 11) is 1.63. The van der Waals surface area contributed by atoms with Crippen LogP contribution >= 0.6 is 0 Å². The van der Waals surface area contributed by atoms with Gasteiger partial charge < -0.3 is 19.9 Å². The van der Waals surface area contributed by atoms with E-state index in [1.165, 1.54) is 0 Å². The van der Waals surface area contributed by atoms with Crippen molar-refractivity contribution in [3.63, 3.8) is 0 Å². The molecule has 0 amide bonds. The normalized spacial score (nSPS) is 10.8. The lowest BCUT2D eigenvalue weighted by atomic mass is 10.3. The minimum atomic E-state index is 0.0520. The first kappa shape index (κ1) is 17.6. The first-order valence-corrected chi connectivity index (χ1v) is 8.76. The minimum absolute atomic E-state index is 0.0520. The summed E-state index contributed by atoms with van der Waals surface area (Å²) in [6.07, 6.45) is 3.41. The largest absolute Gasteiger partial charge is 0.504 e. The summed E-state index contributed by atoms with van der Waals surface area (Å²) >= 11 is 0. The van der Waals surface area contributed by atoms with Crippen LogP contribution in [0.15, 0.2) is 54.9 Å². The Morgan fingerprint density at radius 2 is 1.93 bits per heavy atom. The monoisotopic (exact) mass is 377 g/mol. The molecule has 0 bridgehead atoms. The molecule has 2 heterocycles. The van der Waals surface area contributed by atoms with Crippen molar-refractivity contribution in [3.05, 3.63) is 54.9 Å². The van der Waals surface area contributed by atoms with Gasteiger partial charge in [-0.25, -0.2) is 9.67 Å². The van der Waals surface area contributed by atoms with Crippen LogP contribution in [0.4, 0.5) is 11.6 Å². The fraction of sp³-hybridized carbons (Fsp3) is 0.150. The van der Waals surface area contributed by atoms with Crippen LogP contribution < -0.4 is 14.8 Å². The molecule has 8 nitrogen and oxygen atoms in total. The number of rotatable bonds is 6. The van der Waals surface area contributed by atoms with Crippen LogP contribution in [0.2, 0.25) is 0 Å². The molecular weight excluding hydrogens is 358 g/mol.